The fraction of sp³-hybridized carbons (Fsp3) is 1.00. The highest BCUT2D eigenvalue weighted by Gasteiger charge is 2.09. The van der Waals surface area contributed by atoms with Crippen LogP contribution in [0, 0.1) is 5.92 Å². The molecule has 4 nitrogen and oxygen atoms in total. The first-order valence-electron chi connectivity index (χ1n) is 10.3. The summed E-state index contributed by atoms with van der Waals surface area (Å²) in [5.41, 5.74) is 0. The summed E-state index contributed by atoms with van der Waals surface area (Å²) in [6.07, 6.45) is 3.75. The second-order valence-corrected chi connectivity index (χ2v) is 7.69. The van der Waals surface area contributed by atoms with Gasteiger partial charge >= 0.3 is 0 Å². The molecule has 0 aliphatic rings. The quantitative estimate of drug-likeness (QED) is 0.465. The Kier molecular flexibility index (Phi) is 15.0. The molecule has 0 heterocycles. The Labute approximate surface area is 153 Å². The largest absolute Gasteiger partial charge is 0.313 e. The Hall–Kier alpha value is -0.160. The molecule has 0 saturated heterocycles. The van der Waals surface area contributed by atoms with Crippen molar-refractivity contribution in [3.05, 3.63) is 0 Å². The van der Waals surface area contributed by atoms with Crippen LogP contribution in [0.2, 0.25) is 0 Å². The van der Waals surface area contributed by atoms with E-state index >= 15 is 0 Å². The summed E-state index contributed by atoms with van der Waals surface area (Å²) >= 11 is 0. The Morgan fingerprint density at radius 2 is 1.50 bits per heavy atom. The molecular formula is C20H46N4. The molecule has 24 heavy (non-hydrogen) atoms. The average Bonchev–Trinajstić information content (AvgIpc) is 2.54. The Balaban J connectivity index is 3.77. The second kappa shape index (κ2) is 15.1. The maximum absolute atomic E-state index is 3.75. The highest BCUT2D eigenvalue weighted by molar-refractivity contribution is 4.69. The van der Waals surface area contributed by atoms with Gasteiger partial charge in [0, 0.05) is 25.7 Å². The van der Waals surface area contributed by atoms with E-state index in [2.05, 4.69) is 68.7 Å². The third-order valence-electron chi connectivity index (χ3n) is 4.86. The van der Waals surface area contributed by atoms with Crippen molar-refractivity contribution >= 4 is 0 Å². The molecule has 1 N–H and O–H groups in total. The Morgan fingerprint density at radius 1 is 0.833 bits per heavy atom. The molecule has 0 fully saturated rings. The minimum absolute atomic E-state index is 0.656. The van der Waals surface area contributed by atoms with Crippen LogP contribution in [0.4, 0.5) is 0 Å². The summed E-state index contributed by atoms with van der Waals surface area (Å²) in [4.78, 5) is 7.44. The molecule has 1 unspecified atom stereocenters. The maximum Gasteiger partial charge on any atom is 0.0104 e. The van der Waals surface area contributed by atoms with Gasteiger partial charge < -0.3 is 20.0 Å². The maximum atomic E-state index is 3.75. The minimum atomic E-state index is 0.656. The normalized spacial score (nSPS) is 13.6. The van der Waals surface area contributed by atoms with E-state index in [1.54, 1.807) is 0 Å². The first-order valence-corrected chi connectivity index (χ1v) is 10.3. The Morgan fingerprint density at radius 3 is 2.04 bits per heavy atom. The third kappa shape index (κ3) is 13.2. The lowest BCUT2D eigenvalue weighted by atomic mass is 10.1. The summed E-state index contributed by atoms with van der Waals surface area (Å²) < 4.78 is 0. The van der Waals surface area contributed by atoms with Gasteiger partial charge in [-0.3, -0.25) is 0 Å². The summed E-state index contributed by atoms with van der Waals surface area (Å²) in [5.74, 6) is 0.757. The SMILES string of the molecule is CCC(CCN(C)CC(C)C)NCCN(C)CCCN(CC)CC. The van der Waals surface area contributed by atoms with Crippen LogP contribution in [0.5, 0.6) is 0 Å². The van der Waals surface area contributed by atoms with Gasteiger partial charge in [-0.25, -0.2) is 0 Å². The average molecular weight is 343 g/mol. The van der Waals surface area contributed by atoms with Gasteiger partial charge in [-0.15, -0.1) is 0 Å². The number of nitrogens with one attached hydrogen (secondary N) is 1. The first-order chi connectivity index (χ1) is 11.4. The van der Waals surface area contributed by atoms with Crippen molar-refractivity contribution in [1.82, 2.24) is 20.0 Å². The lowest BCUT2D eigenvalue weighted by Gasteiger charge is -2.25. The smallest absolute Gasteiger partial charge is 0.0104 e. The molecule has 0 spiro atoms. The van der Waals surface area contributed by atoms with Gasteiger partial charge in [0.25, 0.3) is 0 Å². The van der Waals surface area contributed by atoms with E-state index in [1.165, 1.54) is 58.5 Å². The van der Waals surface area contributed by atoms with Crippen molar-refractivity contribution in [3.8, 4) is 0 Å². The molecule has 0 amide bonds. The lowest BCUT2D eigenvalue weighted by Crippen LogP contribution is -2.38. The van der Waals surface area contributed by atoms with Gasteiger partial charge in [0.2, 0.25) is 0 Å². The van der Waals surface area contributed by atoms with Gasteiger partial charge in [0.15, 0.2) is 0 Å². The topological polar surface area (TPSA) is 21.8 Å². The van der Waals surface area contributed by atoms with Crippen LogP contribution in [0.25, 0.3) is 0 Å². The summed E-state index contributed by atoms with van der Waals surface area (Å²) in [6, 6.07) is 0.656. The fourth-order valence-electron chi connectivity index (χ4n) is 3.22. The molecule has 0 radical (unpaired) electrons. The van der Waals surface area contributed by atoms with Crippen molar-refractivity contribution in [2.75, 3.05) is 66.5 Å². The first kappa shape index (κ1) is 23.8. The molecular weight excluding hydrogens is 296 g/mol. The van der Waals surface area contributed by atoms with Crippen LogP contribution in [0.3, 0.4) is 0 Å². The molecule has 0 rings (SSSR count). The molecule has 0 aromatic heterocycles. The summed E-state index contributed by atoms with van der Waals surface area (Å²) in [7, 11) is 4.50. The van der Waals surface area contributed by atoms with Crippen molar-refractivity contribution in [2.24, 2.45) is 5.92 Å². The number of hydrogen-bond acceptors (Lipinski definition) is 4. The van der Waals surface area contributed by atoms with E-state index < -0.39 is 0 Å². The van der Waals surface area contributed by atoms with Gasteiger partial charge in [0.05, 0.1) is 0 Å². The molecule has 146 valence electrons. The molecule has 4 heteroatoms. The predicted octanol–water partition coefficient (Wildman–Crippen LogP) is 3.00. The van der Waals surface area contributed by atoms with Crippen LogP contribution >= 0.6 is 0 Å². The molecule has 0 bridgehead atoms. The van der Waals surface area contributed by atoms with Crippen LogP contribution in [-0.4, -0.2) is 87.2 Å². The standard InChI is InChI=1S/C20H46N4/c1-8-20(12-16-23(7)18-19(4)5)21-13-17-22(6)14-11-15-24(9-2)10-3/h19-21H,8-18H2,1-7H3. The summed E-state index contributed by atoms with van der Waals surface area (Å²) in [6.45, 7) is 20.8. The minimum Gasteiger partial charge on any atom is -0.313 e. The molecule has 0 aromatic rings. The molecule has 1 atom stereocenters. The lowest BCUT2D eigenvalue weighted by molar-refractivity contribution is 0.254. The van der Waals surface area contributed by atoms with Crippen LogP contribution in [-0.2, 0) is 0 Å². The molecule has 0 aromatic carbocycles. The zero-order chi connectivity index (χ0) is 18.4. The molecule has 0 saturated carbocycles. The van der Waals surface area contributed by atoms with E-state index in [0.29, 0.717) is 6.04 Å². The predicted molar refractivity (Wildman–Crippen MR) is 109 cm³/mol. The highest BCUT2D eigenvalue weighted by Crippen LogP contribution is 2.02. The van der Waals surface area contributed by atoms with Crippen molar-refractivity contribution in [1.29, 1.82) is 0 Å². The number of hydrogen-bond donors (Lipinski definition) is 1. The monoisotopic (exact) mass is 342 g/mol. The Bertz CT molecular complexity index is 266. The van der Waals surface area contributed by atoms with Crippen molar-refractivity contribution in [2.45, 2.75) is 59.9 Å². The van der Waals surface area contributed by atoms with E-state index in [1.807, 2.05) is 0 Å². The fourth-order valence-corrected chi connectivity index (χ4v) is 3.22. The summed E-state index contributed by atoms with van der Waals surface area (Å²) in [5, 5.41) is 3.75. The number of nitrogens with zero attached hydrogens (tertiary/aromatic N) is 3. The van der Waals surface area contributed by atoms with E-state index in [4.69, 9.17) is 0 Å². The van der Waals surface area contributed by atoms with Crippen molar-refractivity contribution in [3.63, 3.8) is 0 Å². The van der Waals surface area contributed by atoms with Gasteiger partial charge in [-0.1, -0.05) is 34.6 Å². The zero-order valence-corrected chi connectivity index (χ0v) is 17.8. The number of rotatable bonds is 16. The van der Waals surface area contributed by atoms with E-state index in [0.717, 1.165) is 19.0 Å². The van der Waals surface area contributed by atoms with Crippen LogP contribution in [0.1, 0.15) is 53.9 Å². The van der Waals surface area contributed by atoms with Gasteiger partial charge in [-0.2, -0.15) is 0 Å². The van der Waals surface area contributed by atoms with Crippen LogP contribution in [0.15, 0.2) is 0 Å². The van der Waals surface area contributed by atoms with Gasteiger partial charge in [0.1, 0.15) is 0 Å². The van der Waals surface area contributed by atoms with E-state index in [9.17, 15) is 0 Å². The zero-order valence-electron chi connectivity index (χ0n) is 17.8. The molecule has 0 aliphatic carbocycles. The number of likely N-dealkylation sites (N-methyl/N-ethyl adjacent to an activating group) is 1. The van der Waals surface area contributed by atoms with Gasteiger partial charge in [-0.05, 0) is 72.0 Å². The van der Waals surface area contributed by atoms with Crippen molar-refractivity contribution < 1.29 is 0 Å². The van der Waals surface area contributed by atoms with Crippen LogP contribution < -0.4 is 5.32 Å². The van der Waals surface area contributed by atoms with E-state index in [-0.39, 0.29) is 0 Å². The third-order valence-corrected chi connectivity index (χ3v) is 4.86. The second-order valence-electron chi connectivity index (χ2n) is 7.69. The molecule has 0 aliphatic heterocycles. The highest BCUT2D eigenvalue weighted by atomic mass is 15.1.